The lowest BCUT2D eigenvalue weighted by Gasteiger charge is -2.21. The second-order valence-electron chi connectivity index (χ2n) is 5.50. The third-order valence-corrected chi connectivity index (χ3v) is 3.94. The summed E-state index contributed by atoms with van der Waals surface area (Å²) in [5, 5.41) is 6.30. The van der Waals surface area contributed by atoms with Crippen LogP contribution >= 0.6 is 0 Å². The molecule has 116 valence electrons. The topological polar surface area (TPSA) is 59.6 Å². The second kappa shape index (κ2) is 7.43. The Bertz CT molecular complexity index is 461. The van der Waals surface area contributed by atoms with Crippen LogP contribution in [-0.2, 0) is 16.0 Å². The standard InChI is InChI=1S/C16H24N2O3/c1-11(8-12-4-6-13(20-2)7-5-12)16(19)18-14-9-17-10-15(14)21-3/h4-7,11,14-15,17H,8-10H2,1-3H3,(H,18,19)/t11-,14+,15+/m1/s1. The molecule has 0 radical (unpaired) electrons. The molecule has 0 aliphatic carbocycles. The number of benzene rings is 1. The molecule has 5 nitrogen and oxygen atoms in total. The van der Waals surface area contributed by atoms with E-state index in [1.54, 1.807) is 14.2 Å². The van der Waals surface area contributed by atoms with Crippen molar-refractivity contribution in [2.24, 2.45) is 5.92 Å². The van der Waals surface area contributed by atoms with Gasteiger partial charge in [0.2, 0.25) is 5.91 Å². The Kier molecular flexibility index (Phi) is 5.59. The maximum absolute atomic E-state index is 12.3. The summed E-state index contributed by atoms with van der Waals surface area (Å²) < 4.78 is 10.5. The van der Waals surface area contributed by atoms with Crippen LogP contribution in [-0.4, -0.2) is 45.4 Å². The molecule has 1 fully saturated rings. The average Bonchev–Trinajstić information content (AvgIpc) is 2.95. The summed E-state index contributed by atoms with van der Waals surface area (Å²) >= 11 is 0. The summed E-state index contributed by atoms with van der Waals surface area (Å²) in [5.41, 5.74) is 1.13. The molecular formula is C16H24N2O3. The first-order valence-electron chi connectivity index (χ1n) is 7.31. The van der Waals surface area contributed by atoms with Crippen molar-refractivity contribution in [3.63, 3.8) is 0 Å². The SMILES string of the molecule is COc1ccc(C[C@@H](C)C(=O)N[C@H]2CNC[C@@H]2OC)cc1. The minimum atomic E-state index is -0.0727. The number of nitrogens with one attached hydrogen (secondary N) is 2. The number of hydrogen-bond donors (Lipinski definition) is 2. The normalized spacial score (nSPS) is 22.8. The van der Waals surface area contributed by atoms with Gasteiger partial charge in [0.15, 0.2) is 0 Å². The zero-order valence-corrected chi connectivity index (χ0v) is 12.9. The quantitative estimate of drug-likeness (QED) is 0.820. The molecule has 0 spiro atoms. The fourth-order valence-corrected chi connectivity index (χ4v) is 2.58. The largest absolute Gasteiger partial charge is 0.497 e. The van der Waals surface area contributed by atoms with Gasteiger partial charge in [-0.15, -0.1) is 0 Å². The van der Waals surface area contributed by atoms with Crippen molar-refractivity contribution in [3.8, 4) is 5.75 Å². The third-order valence-electron chi connectivity index (χ3n) is 3.94. The first-order chi connectivity index (χ1) is 10.1. The zero-order valence-electron chi connectivity index (χ0n) is 12.9. The van der Waals surface area contributed by atoms with Gasteiger partial charge in [-0.1, -0.05) is 19.1 Å². The molecule has 2 N–H and O–H groups in total. The molecular weight excluding hydrogens is 268 g/mol. The van der Waals surface area contributed by atoms with Crippen LogP contribution in [0.1, 0.15) is 12.5 Å². The van der Waals surface area contributed by atoms with Gasteiger partial charge in [-0.05, 0) is 24.1 Å². The van der Waals surface area contributed by atoms with Gasteiger partial charge in [0, 0.05) is 26.1 Å². The molecule has 2 rings (SSSR count). The van der Waals surface area contributed by atoms with E-state index in [1.165, 1.54) is 0 Å². The Morgan fingerprint density at radius 3 is 2.67 bits per heavy atom. The number of ether oxygens (including phenoxy) is 2. The lowest BCUT2D eigenvalue weighted by atomic mass is 9.99. The second-order valence-corrected chi connectivity index (χ2v) is 5.50. The highest BCUT2D eigenvalue weighted by Gasteiger charge is 2.29. The highest BCUT2D eigenvalue weighted by Crippen LogP contribution is 2.15. The Balaban J connectivity index is 1.86. The molecule has 1 amide bonds. The van der Waals surface area contributed by atoms with Crippen LogP contribution in [0.4, 0.5) is 0 Å². The van der Waals surface area contributed by atoms with E-state index in [1.807, 2.05) is 31.2 Å². The van der Waals surface area contributed by atoms with Crippen LogP contribution in [0.3, 0.4) is 0 Å². The van der Waals surface area contributed by atoms with Crippen molar-refractivity contribution in [1.82, 2.24) is 10.6 Å². The number of hydrogen-bond acceptors (Lipinski definition) is 4. The molecule has 1 saturated heterocycles. The van der Waals surface area contributed by atoms with Crippen molar-refractivity contribution in [1.29, 1.82) is 0 Å². The number of carbonyl (C=O) groups excluding carboxylic acids is 1. The molecule has 0 unspecified atom stereocenters. The summed E-state index contributed by atoms with van der Waals surface area (Å²) in [4.78, 5) is 12.3. The molecule has 1 aromatic carbocycles. The van der Waals surface area contributed by atoms with Crippen molar-refractivity contribution in [2.75, 3.05) is 27.3 Å². The van der Waals surface area contributed by atoms with E-state index in [9.17, 15) is 4.79 Å². The molecule has 3 atom stereocenters. The maximum atomic E-state index is 12.3. The molecule has 1 heterocycles. The average molecular weight is 292 g/mol. The van der Waals surface area contributed by atoms with E-state index < -0.39 is 0 Å². The van der Waals surface area contributed by atoms with Crippen molar-refractivity contribution in [2.45, 2.75) is 25.5 Å². The van der Waals surface area contributed by atoms with E-state index >= 15 is 0 Å². The van der Waals surface area contributed by atoms with Gasteiger partial charge in [0.25, 0.3) is 0 Å². The molecule has 21 heavy (non-hydrogen) atoms. The first kappa shape index (κ1) is 15.8. The fourth-order valence-electron chi connectivity index (χ4n) is 2.58. The Morgan fingerprint density at radius 1 is 1.33 bits per heavy atom. The molecule has 0 bridgehead atoms. The lowest BCUT2D eigenvalue weighted by Crippen LogP contribution is -2.45. The minimum absolute atomic E-state index is 0.0563. The van der Waals surface area contributed by atoms with Gasteiger partial charge in [-0.25, -0.2) is 0 Å². The van der Waals surface area contributed by atoms with E-state index in [2.05, 4.69) is 10.6 Å². The van der Waals surface area contributed by atoms with Crippen LogP contribution in [0.2, 0.25) is 0 Å². The van der Waals surface area contributed by atoms with E-state index in [0.29, 0.717) is 6.42 Å². The smallest absolute Gasteiger partial charge is 0.223 e. The maximum Gasteiger partial charge on any atom is 0.223 e. The van der Waals surface area contributed by atoms with Crippen LogP contribution in [0.25, 0.3) is 0 Å². The first-order valence-corrected chi connectivity index (χ1v) is 7.31. The summed E-state index contributed by atoms with van der Waals surface area (Å²) in [5.74, 6) is 0.828. The van der Waals surface area contributed by atoms with Gasteiger partial charge in [0.05, 0.1) is 19.3 Å². The monoisotopic (exact) mass is 292 g/mol. The van der Waals surface area contributed by atoms with Gasteiger partial charge < -0.3 is 20.1 Å². The van der Waals surface area contributed by atoms with Crippen LogP contribution < -0.4 is 15.4 Å². The van der Waals surface area contributed by atoms with Gasteiger partial charge in [-0.2, -0.15) is 0 Å². The van der Waals surface area contributed by atoms with E-state index in [4.69, 9.17) is 9.47 Å². The molecule has 1 aromatic rings. The Morgan fingerprint density at radius 2 is 2.05 bits per heavy atom. The van der Waals surface area contributed by atoms with E-state index in [-0.39, 0.29) is 24.0 Å². The van der Waals surface area contributed by atoms with Crippen LogP contribution in [0.5, 0.6) is 5.75 Å². The van der Waals surface area contributed by atoms with Gasteiger partial charge in [-0.3, -0.25) is 4.79 Å². The fraction of sp³-hybridized carbons (Fsp3) is 0.562. The van der Waals surface area contributed by atoms with Crippen LogP contribution in [0.15, 0.2) is 24.3 Å². The number of methoxy groups -OCH3 is 2. The summed E-state index contributed by atoms with van der Waals surface area (Å²) in [6, 6.07) is 7.89. The Labute approximate surface area is 126 Å². The van der Waals surface area contributed by atoms with Gasteiger partial charge in [0.1, 0.15) is 5.75 Å². The molecule has 1 aliphatic rings. The van der Waals surface area contributed by atoms with Gasteiger partial charge >= 0.3 is 0 Å². The molecule has 0 aromatic heterocycles. The highest BCUT2D eigenvalue weighted by molar-refractivity contribution is 5.79. The minimum Gasteiger partial charge on any atom is -0.497 e. The predicted molar refractivity (Wildman–Crippen MR) is 81.5 cm³/mol. The molecule has 0 saturated carbocycles. The number of rotatable bonds is 6. The van der Waals surface area contributed by atoms with Crippen molar-refractivity contribution < 1.29 is 14.3 Å². The number of carbonyl (C=O) groups is 1. The van der Waals surface area contributed by atoms with E-state index in [0.717, 1.165) is 24.4 Å². The predicted octanol–water partition coefficient (Wildman–Crippen LogP) is 0.977. The summed E-state index contributed by atoms with van der Waals surface area (Å²) in [7, 11) is 3.32. The highest BCUT2D eigenvalue weighted by atomic mass is 16.5. The van der Waals surface area contributed by atoms with Crippen molar-refractivity contribution in [3.05, 3.63) is 29.8 Å². The molecule has 1 aliphatic heterocycles. The summed E-state index contributed by atoms with van der Waals surface area (Å²) in [6.07, 6.45) is 0.773. The van der Waals surface area contributed by atoms with Crippen LogP contribution in [0, 0.1) is 5.92 Å². The lowest BCUT2D eigenvalue weighted by molar-refractivity contribution is -0.125. The van der Waals surface area contributed by atoms with Crippen molar-refractivity contribution >= 4 is 5.91 Å². The molecule has 5 heteroatoms. The zero-order chi connectivity index (χ0) is 15.2. The Hall–Kier alpha value is -1.59. The number of amides is 1. The third kappa shape index (κ3) is 4.19. The summed E-state index contributed by atoms with van der Waals surface area (Å²) in [6.45, 7) is 3.50.